The largest absolute Gasteiger partial charge is 0.411 e. The van der Waals surface area contributed by atoms with Crippen LogP contribution in [0.1, 0.15) is 25.0 Å². The minimum Gasteiger partial charge on any atom is -0.411 e. The fourth-order valence-electron chi connectivity index (χ4n) is 1.23. The molecular formula is C11H15NO. The zero-order chi connectivity index (χ0) is 9.84. The number of oxime groups is 1. The molecule has 0 saturated heterocycles. The van der Waals surface area contributed by atoms with Crippen LogP contribution in [0.2, 0.25) is 0 Å². The van der Waals surface area contributed by atoms with Gasteiger partial charge >= 0.3 is 0 Å². The van der Waals surface area contributed by atoms with Gasteiger partial charge in [0.05, 0.1) is 5.71 Å². The van der Waals surface area contributed by atoms with E-state index in [2.05, 4.69) is 5.16 Å². The molecule has 2 nitrogen and oxygen atoms in total. The second kappa shape index (κ2) is 4.08. The van der Waals surface area contributed by atoms with Crippen LogP contribution in [0, 0.1) is 12.8 Å². The van der Waals surface area contributed by atoms with Gasteiger partial charge in [0.1, 0.15) is 0 Å². The van der Waals surface area contributed by atoms with Crippen molar-refractivity contribution in [3.05, 3.63) is 35.4 Å². The molecule has 1 rings (SSSR count). The Hall–Kier alpha value is -1.31. The molecule has 1 aromatic carbocycles. The molecule has 0 aliphatic heterocycles. The van der Waals surface area contributed by atoms with Crippen LogP contribution in [0.5, 0.6) is 0 Å². The topological polar surface area (TPSA) is 32.6 Å². The summed E-state index contributed by atoms with van der Waals surface area (Å²) >= 11 is 0. The second-order valence-corrected chi connectivity index (χ2v) is 3.51. The lowest BCUT2D eigenvalue weighted by Crippen LogP contribution is -2.09. The third-order valence-electron chi connectivity index (χ3n) is 2.00. The smallest absolute Gasteiger partial charge is 0.0893 e. The average molecular weight is 177 g/mol. The normalized spacial score (nSPS) is 12.2. The third kappa shape index (κ3) is 2.31. The van der Waals surface area contributed by atoms with Gasteiger partial charge in [0, 0.05) is 0 Å². The highest BCUT2D eigenvalue weighted by molar-refractivity contribution is 6.01. The Balaban J connectivity index is 3.00. The molecule has 70 valence electrons. The summed E-state index contributed by atoms with van der Waals surface area (Å²) < 4.78 is 0. The van der Waals surface area contributed by atoms with E-state index in [1.54, 1.807) is 0 Å². The van der Waals surface area contributed by atoms with Crippen molar-refractivity contribution in [3.8, 4) is 0 Å². The molecule has 0 radical (unpaired) electrons. The lowest BCUT2D eigenvalue weighted by Gasteiger charge is -2.07. The number of hydrogen-bond donors (Lipinski definition) is 1. The maximum atomic E-state index is 8.81. The Bertz CT molecular complexity index is 298. The molecule has 13 heavy (non-hydrogen) atoms. The highest BCUT2D eigenvalue weighted by Crippen LogP contribution is 2.10. The maximum Gasteiger partial charge on any atom is 0.0893 e. The molecule has 1 N–H and O–H groups in total. The Labute approximate surface area is 78.9 Å². The van der Waals surface area contributed by atoms with E-state index in [1.807, 2.05) is 45.0 Å². The van der Waals surface area contributed by atoms with Gasteiger partial charge < -0.3 is 5.21 Å². The van der Waals surface area contributed by atoms with Gasteiger partial charge in [-0.25, -0.2) is 0 Å². The first-order valence-electron chi connectivity index (χ1n) is 4.44. The summed E-state index contributed by atoms with van der Waals surface area (Å²) in [6.07, 6.45) is 0. The monoisotopic (exact) mass is 177 g/mol. The molecule has 0 amide bonds. The van der Waals surface area contributed by atoms with Gasteiger partial charge in [-0.3, -0.25) is 0 Å². The number of hydrogen-bond acceptors (Lipinski definition) is 2. The lowest BCUT2D eigenvalue weighted by molar-refractivity contribution is 0.316. The summed E-state index contributed by atoms with van der Waals surface area (Å²) in [6, 6.07) is 7.99. The Morgan fingerprint density at radius 3 is 2.15 bits per heavy atom. The van der Waals surface area contributed by atoms with Crippen LogP contribution < -0.4 is 0 Å². The summed E-state index contributed by atoms with van der Waals surface area (Å²) in [5.74, 6) is 0.243. The summed E-state index contributed by atoms with van der Waals surface area (Å²) in [6.45, 7) is 6.05. The molecule has 0 bridgehead atoms. The van der Waals surface area contributed by atoms with Crippen LogP contribution in [0.25, 0.3) is 0 Å². The van der Waals surface area contributed by atoms with Crippen LogP contribution in [0.15, 0.2) is 29.4 Å². The molecule has 0 aromatic heterocycles. The van der Waals surface area contributed by atoms with Gasteiger partial charge in [-0.2, -0.15) is 0 Å². The summed E-state index contributed by atoms with van der Waals surface area (Å²) in [5.41, 5.74) is 2.94. The van der Waals surface area contributed by atoms with E-state index in [-0.39, 0.29) is 5.92 Å². The van der Waals surface area contributed by atoms with Crippen molar-refractivity contribution in [1.82, 2.24) is 0 Å². The molecule has 1 aromatic rings. The van der Waals surface area contributed by atoms with E-state index in [0.29, 0.717) is 0 Å². The number of rotatable bonds is 2. The number of aryl methyl sites for hydroxylation is 1. The SMILES string of the molecule is Cc1ccc(/C(=N/O)C(C)C)cc1. The van der Waals surface area contributed by atoms with E-state index in [0.717, 1.165) is 11.3 Å². The van der Waals surface area contributed by atoms with E-state index in [1.165, 1.54) is 5.56 Å². The van der Waals surface area contributed by atoms with Crippen molar-refractivity contribution in [2.24, 2.45) is 11.1 Å². The molecule has 0 spiro atoms. The van der Waals surface area contributed by atoms with E-state index in [9.17, 15) is 0 Å². The first-order chi connectivity index (χ1) is 6.15. The molecule has 0 aliphatic rings. The van der Waals surface area contributed by atoms with Crippen molar-refractivity contribution in [3.63, 3.8) is 0 Å². The molecule has 2 heteroatoms. The average Bonchev–Trinajstić information content (AvgIpc) is 2.09. The van der Waals surface area contributed by atoms with Gasteiger partial charge in [-0.1, -0.05) is 48.8 Å². The molecule has 0 atom stereocenters. The lowest BCUT2D eigenvalue weighted by atomic mass is 9.99. The van der Waals surface area contributed by atoms with E-state index >= 15 is 0 Å². The molecule has 0 unspecified atom stereocenters. The van der Waals surface area contributed by atoms with Crippen LogP contribution in [0.3, 0.4) is 0 Å². The second-order valence-electron chi connectivity index (χ2n) is 3.51. The Morgan fingerprint density at radius 1 is 1.23 bits per heavy atom. The zero-order valence-corrected chi connectivity index (χ0v) is 8.28. The van der Waals surface area contributed by atoms with Crippen molar-refractivity contribution < 1.29 is 5.21 Å². The number of nitrogens with zero attached hydrogens (tertiary/aromatic N) is 1. The van der Waals surface area contributed by atoms with Crippen molar-refractivity contribution in [1.29, 1.82) is 0 Å². The van der Waals surface area contributed by atoms with Crippen LogP contribution in [-0.2, 0) is 0 Å². The molecule has 0 heterocycles. The molecular weight excluding hydrogens is 162 g/mol. The van der Waals surface area contributed by atoms with Crippen molar-refractivity contribution >= 4 is 5.71 Å². The first kappa shape index (κ1) is 9.78. The van der Waals surface area contributed by atoms with Crippen LogP contribution >= 0.6 is 0 Å². The highest BCUT2D eigenvalue weighted by Gasteiger charge is 2.07. The summed E-state index contributed by atoms with van der Waals surface area (Å²) in [5, 5.41) is 12.1. The van der Waals surface area contributed by atoms with Gasteiger partial charge in [0.25, 0.3) is 0 Å². The minimum absolute atomic E-state index is 0.243. The van der Waals surface area contributed by atoms with Crippen molar-refractivity contribution in [2.45, 2.75) is 20.8 Å². The molecule has 0 aliphatic carbocycles. The van der Waals surface area contributed by atoms with Crippen LogP contribution in [0.4, 0.5) is 0 Å². The quantitative estimate of drug-likeness (QED) is 0.420. The van der Waals surface area contributed by atoms with Gasteiger partial charge in [0.15, 0.2) is 0 Å². The minimum atomic E-state index is 0.243. The van der Waals surface area contributed by atoms with E-state index in [4.69, 9.17) is 5.21 Å². The van der Waals surface area contributed by atoms with E-state index < -0.39 is 0 Å². The summed E-state index contributed by atoms with van der Waals surface area (Å²) in [4.78, 5) is 0. The van der Waals surface area contributed by atoms with Gasteiger partial charge in [-0.15, -0.1) is 0 Å². The Kier molecular flexibility index (Phi) is 3.07. The predicted octanol–water partition coefficient (Wildman–Crippen LogP) is 2.83. The highest BCUT2D eigenvalue weighted by atomic mass is 16.4. The standard InChI is InChI=1S/C11H15NO/c1-8(2)11(12-13)10-6-4-9(3)5-7-10/h4-8,13H,1-3H3/b12-11+. The maximum absolute atomic E-state index is 8.81. The fraction of sp³-hybridized carbons (Fsp3) is 0.364. The Morgan fingerprint density at radius 2 is 1.77 bits per heavy atom. The van der Waals surface area contributed by atoms with Crippen LogP contribution in [-0.4, -0.2) is 10.9 Å². The number of benzene rings is 1. The molecule has 0 saturated carbocycles. The first-order valence-corrected chi connectivity index (χ1v) is 4.44. The zero-order valence-electron chi connectivity index (χ0n) is 8.28. The predicted molar refractivity (Wildman–Crippen MR) is 54.3 cm³/mol. The van der Waals surface area contributed by atoms with Gasteiger partial charge in [0.2, 0.25) is 0 Å². The summed E-state index contributed by atoms with van der Waals surface area (Å²) in [7, 11) is 0. The molecule has 0 fully saturated rings. The van der Waals surface area contributed by atoms with Crippen molar-refractivity contribution in [2.75, 3.05) is 0 Å². The van der Waals surface area contributed by atoms with Gasteiger partial charge in [-0.05, 0) is 18.4 Å². The third-order valence-corrected chi connectivity index (χ3v) is 2.00. The fourth-order valence-corrected chi connectivity index (χ4v) is 1.23.